The third-order valence-corrected chi connectivity index (χ3v) is 1.01. The van der Waals surface area contributed by atoms with Crippen LogP contribution in [0, 0.1) is 4.91 Å². The van der Waals surface area contributed by atoms with Gasteiger partial charge < -0.3 is 15.9 Å². The van der Waals surface area contributed by atoms with Crippen LogP contribution in [0.5, 0.6) is 0 Å². The molecule has 0 atom stereocenters. The van der Waals surface area contributed by atoms with Crippen LogP contribution in [0.4, 0.5) is 0 Å². The third-order valence-electron chi connectivity index (χ3n) is 1.01. The van der Waals surface area contributed by atoms with Crippen molar-refractivity contribution in [3.63, 3.8) is 0 Å². The Morgan fingerprint density at radius 3 is 1.75 bits per heavy atom. The van der Waals surface area contributed by atoms with Gasteiger partial charge in [0, 0.05) is 0 Å². The first kappa shape index (κ1) is 14.0. The van der Waals surface area contributed by atoms with Gasteiger partial charge in [0.1, 0.15) is 6.54 Å². The van der Waals surface area contributed by atoms with Crippen molar-refractivity contribution in [1.29, 1.82) is 0 Å². The van der Waals surface area contributed by atoms with E-state index in [1.165, 1.54) is 6.42 Å². The summed E-state index contributed by atoms with van der Waals surface area (Å²) in [6.45, 7) is 3.12. The van der Waals surface area contributed by atoms with E-state index in [2.05, 4.69) is 19.0 Å². The van der Waals surface area contributed by atoms with Crippen LogP contribution in [0.3, 0.4) is 0 Å². The van der Waals surface area contributed by atoms with Gasteiger partial charge in [0.15, 0.2) is 0 Å². The number of hydrogen-bond donors (Lipinski definition) is 3. The Morgan fingerprint density at radius 1 is 1.33 bits per heavy atom. The minimum Gasteiger partial charge on any atom is -0.394 e. The van der Waals surface area contributed by atoms with Gasteiger partial charge in [-0.25, -0.2) is 0 Å². The maximum atomic E-state index is 9.59. The number of nitroso groups, excluding NO2 is 1. The first-order valence-corrected chi connectivity index (χ1v) is 3.89. The van der Waals surface area contributed by atoms with Gasteiger partial charge in [0.25, 0.3) is 0 Å². The van der Waals surface area contributed by atoms with E-state index in [1.54, 1.807) is 0 Å². The number of nitrogens with two attached hydrogens (primary N) is 1. The van der Waals surface area contributed by atoms with Gasteiger partial charge in [-0.15, -0.1) is 0 Å². The zero-order valence-electron chi connectivity index (χ0n) is 7.66. The topological polar surface area (TPSA) is 95.9 Å². The van der Waals surface area contributed by atoms with E-state index < -0.39 is 18.8 Å². The predicted molar refractivity (Wildman–Crippen MR) is 47.7 cm³/mol. The van der Waals surface area contributed by atoms with Gasteiger partial charge in [0.2, 0.25) is 0 Å². The van der Waals surface area contributed by atoms with Crippen molar-refractivity contribution >= 4 is 0 Å². The molecule has 0 unspecified atom stereocenters. The molecule has 0 heterocycles. The highest BCUT2D eigenvalue weighted by molar-refractivity contribution is 4.84. The van der Waals surface area contributed by atoms with Crippen molar-refractivity contribution in [3.05, 3.63) is 4.91 Å². The van der Waals surface area contributed by atoms with E-state index in [9.17, 15) is 4.91 Å². The van der Waals surface area contributed by atoms with Gasteiger partial charge in [-0.05, 0) is 0 Å². The molecule has 0 aliphatic rings. The van der Waals surface area contributed by atoms with E-state index in [4.69, 9.17) is 15.9 Å². The zero-order chi connectivity index (χ0) is 10.0. The lowest BCUT2D eigenvalue weighted by Gasteiger charge is -2.19. The summed E-state index contributed by atoms with van der Waals surface area (Å²) in [7, 11) is 0. The number of aliphatic hydroxyl groups is 2. The third kappa shape index (κ3) is 7.59. The summed E-state index contributed by atoms with van der Waals surface area (Å²) < 4.78 is 0. The SMILES string of the molecule is CCC.NC(CO)(CO)CN=O. The molecule has 12 heavy (non-hydrogen) atoms. The van der Waals surface area contributed by atoms with Crippen LogP contribution in [0.15, 0.2) is 5.18 Å². The molecule has 0 amide bonds. The highest BCUT2D eigenvalue weighted by Gasteiger charge is 2.22. The quantitative estimate of drug-likeness (QED) is 0.522. The van der Waals surface area contributed by atoms with Gasteiger partial charge in [0.05, 0.1) is 18.8 Å². The summed E-state index contributed by atoms with van der Waals surface area (Å²) in [5, 5.41) is 19.3. The minimum atomic E-state index is -1.23. The van der Waals surface area contributed by atoms with Crippen molar-refractivity contribution < 1.29 is 10.2 Å². The molecule has 0 aliphatic heterocycles. The fraction of sp³-hybridized carbons (Fsp3) is 1.00. The molecule has 0 aliphatic carbocycles. The van der Waals surface area contributed by atoms with E-state index in [-0.39, 0.29) is 6.54 Å². The second kappa shape index (κ2) is 8.58. The first-order chi connectivity index (χ1) is 5.60. The molecule has 0 aromatic heterocycles. The lowest BCUT2D eigenvalue weighted by Crippen LogP contribution is -2.50. The predicted octanol–water partition coefficient (Wildman–Crippen LogP) is -0.149. The van der Waals surface area contributed by atoms with Crippen molar-refractivity contribution in [2.24, 2.45) is 10.9 Å². The second-order valence-electron chi connectivity index (χ2n) is 2.67. The summed E-state index contributed by atoms with van der Waals surface area (Å²) in [5.41, 5.74) is 3.98. The highest BCUT2D eigenvalue weighted by Crippen LogP contribution is 1.96. The zero-order valence-corrected chi connectivity index (χ0v) is 7.66. The molecule has 0 saturated carbocycles. The van der Waals surface area contributed by atoms with Gasteiger partial charge >= 0.3 is 0 Å². The molecule has 0 fully saturated rings. The van der Waals surface area contributed by atoms with Crippen LogP contribution >= 0.6 is 0 Å². The van der Waals surface area contributed by atoms with Crippen molar-refractivity contribution in [2.45, 2.75) is 25.8 Å². The van der Waals surface area contributed by atoms with Crippen LogP contribution in [0.2, 0.25) is 0 Å². The van der Waals surface area contributed by atoms with Crippen LogP contribution in [-0.2, 0) is 0 Å². The Labute approximate surface area is 72.6 Å². The van der Waals surface area contributed by atoms with Crippen LogP contribution < -0.4 is 5.73 Å². The maximum absolute atomic E-state index is 9.59. The Hall–Kier alpha value is -0.520. The molecule has 5 heteroatoms. The molecule has 5 nitrogen and oxygen atoms in total. The van der Waals surface area contributed by atoms with Crippen LogP contribution in [0.1, 0.15) is 20.3 Å². The fourth-order valence-corrected chi connectivity index (χ4v) is 0.279. The summed E-state index contributed by atoms with van der Waals surface area (Å²) >= 11 is 0. The Kier molecular flexibility index (Phi) is 10.0. The van der Waals surface area contributed by atoms with Crippen molar-refractivity contribution in [3.8, 4) is 0 Å². The van der Waals surface area contributed by atoms with Gasteiger partial charge in [-0.1, -0.05) is 25.4 Å². The number of aliphatic hydroxyl groups excluding tert-OH is 2. The molecule has 0 bridgehead atoms. The van der Waals surface area contributed by atoms with E-state index in [1.807, 2.05) is 0 Å². The average Bonchev–Trinajstić information content (AvgIpc) is 2.06. The molecule has 0 saturated heterocycles. The summed E-state index contributed by atoms with van der Waals surface area (Å²) in [5.74, 6) is 0. The molecular formula is C7H18N2O3. The monoisotopic (exact) mass is 178 g/mol. The van der Waals surface area contributed by atoms with E-state index in [0.29, 0.717) is 0 Å². The normalized spacial score (nSPS) is 10.1. The Morgan fingerprint density at radius 2 is 1.67 bits per heavy atom. The molecule has 0 aromatic carbocycles. The average molecular weight is 178 g/mol. The standard InChI is InChI=1S/C4H10N2O3.C3H8/c5-4(2-7,3-8)1-6-9;1-3-2/h7-8H,1-3,5H2;3H2,1-2H3. The van der Waals surface area contributed by atoms with Crippen LogP contribution in [0.25, 0.3) is 0 Å². The molecule has 0 aromatic rings. The van der Waals surface area contributed by atoms with Crippen LogP contribution in [-0.4, -0.2) is 35.5 Å². The van der Waals surface area contributed by atoms with Gasteiger partial charge in [-0.3, -0.25) is 0 Å². The Balaban J connectivity index is 0. The molecular weight excluding hydrogens is 160 g/mol. The number of rotatable bonds is 4. The molecule has 0 radical (unpaired) electrons. The number of hydrogen-bond acceptors (Lipinski definition) is 5. The maximum Gasteiger partial charge on any atom is 0.104 e. The first-order valence-electron chi connectivity index (χ1n) is 3.89. The molecule has 0 spiro atoms. The summed E-state index contributed by atoms with van der Waals surface area (Å²) in [6, 6.07) is 0. The summed E-state index contributed by atoms with van der Waals surface area (Å²) in [6.07, 6.45) is 1.25. The lowest BCUT2D eigenvalue weighted by molar-refractivity contribution is 0.127. The van der Waals surface area contributed by atoms with Crippen molar-refractivity contribution in [2.75, 3.05) is 19.8 Å². The van der Waals surface area contributed by atoms with E-state index in [0.717, 1.165) is 0 Å². The minimum absolute atomic E-state index is 0.264. The molecule has 4 N–H and O–H groups in total. The highest BCUT2D eigenvalue weighted by atomic mass is 16.3. The molecule has 74 valence electrons. The fourth-order valence-electron chi connectivity index (χ4n) is 0.279. The largest absolute Gasteiger partial charge is 0.394 e. The second-order valence-corrected chi connectivity index (χ2v) is 2.67. The molecule has 0 rings (SSSR count). The Bertz CT molecular complexity index is 105. The number of nitrogens with zero attached hydrogens (tertiary/aromatic N) is 1. The lowest BCUT2D eigenvalue weighted by atomic mass is 10.1. The summed E-state index contributed by atoms with van der Waals surface area (Å²) in [4.78, 5) is 9.59. The van der Waals surface area contributed by atoms with E-state index >= 15 is 0 Å². The smallest absolute Gasteiger partial charge is 0.104 e. The van der Waals surface area contributed by atoms with Gasteiger partial charge in [-0.2, -0.15) is 4.91 Å². The van der Waals surface area contributed by atoms with Crippen molar-refractivity contribution in [1.82, 2.24) is 0 Å².